The van der Waals surface area contributed by atoms with Crippen LogP contribution in [0.2, 0.25) is 5.02 Å². The fraction of sp³-hybridized carbons (Fsp3) is 0.273. The van der Waals surface area contributed by atoms with Gasteiger partial charge in [-0.05, 0) is 78.8 Å². The number of hydrogen-bond donors (Lipinski definition) is 3. The molecule has 3 aromatic carbocycles. The molecule has 4 aromatic rings. The number of nitrogens with one attached hydrogen (secondary N) is 2. The fourth-order valence-electron chi connectivity index (χ4n) is 8.31. The van der Waals surface area contributed by atoms with E-state index in [-0.39, 0.29) is 56.0 Å². The summed E-state index contributed by atoms with van der Waals surface area (Å²) in [5, 5.41) is 20.0. The predicted octanol–water partition coefficient (Wildman–Crippen LogP) is 4.34. The number of fused-ring (bicyclic) bond motifs is 9. The molecule has 3 fully saturated rings. The van der Waals surface area contributed by atoms with Crippen molar-refractivity contribution in [2.75, 3.05) is 16.8 Å². The Bertz CT molecular complexity index is 2310. The number of benzene rings is 3. The summed E-state index contributed by atoms with van der Waals surface area (Å²) in [5.74, 6) is -3.10. The molecule has 2 saturated carbocycles. The summed E-state index contributed by atoms with van der Waals surface area (Å²) in [4.78, 5) is 68.9. The first-order valence-electron chi connectivity index (χ1n) is 15.7. The number of rotatable bonds is 8. The Morgan fingerprint density at radius 3 is 2.39 bits per heavy atom. The topological polar surface area (TPSA) is 212 Å². The van der Waals surface area contributed by atoms with Gasteiger partial charge in [-0.3, -0.25) is 34.2 Å². The Balaban J connectivity index is 1.10. The largest absolute Gasteiger partial charge is 0.483 e. The molecule has 2 bridgehead atoms. The summed E-state index contributed by atoms with van der Waals surface area (Å²) in [6.07, 6.45) is 0.627. The lowest BCUT2D eigenvalue weighted by atomic mass is 9.68. The number of imide groups is 1. The van der Waals surface area contributed by atoms with E-state index in [4.69, 9.17) is 21.5 Å². The number of nitrogens with two attached hydrogens (primary N) is 1. The number of nitrogens with zero attached hydrogens (tertiary/aromatic N) is 2. The van der Waals surface area contributed by atoms with E-state index in [0.29, 0.717) is 33.5 Å². The maximum Gasteiger partial charge on any atom is 0.305 e. The molecule has 262 valence electrons. The van der Waals surface area contributed by atoms with Gasteiger partial charge in [-0.1, -0.05) is 22.9 Å². The second-order valence-electron chi connectivity index (χ2n) is 12.8. The zero-order valence-electron chi connectivity index (χ0n) is 26.1. The van der Waals surface area contributed by atoms with Crippen LogP contribution in [0.15, 0.2) is 81.4 Å². The highest BCUT2D eigenvalue weighted by Crippen LogP contribution is 2.69. The van der Waals surface area contributed by atoms with Crippen LogP contribution in [0.4, 0.5) is 17.1 Å². The highest BCUT2D eigenvalue weighted by Gasteiger charge is 2.70. The SMILES string of the molecule is NS(=O)(=O)c1ccc(NC(=O)COc2ccc(Cl)cc2[C@@H]2c3sc(=O)[nH]c3S[C@@H]3[C@@H]4C[C@@H]([C@@H]5C(=O)N(c6ccc([N+](=O)[O-])cc6)C(=O)[C@@H]45)[C@H]23)cc1. The van der Waals surface area contributed by atoms with Gasteiger partial charge in [0.1, 0.15) is 5.75 Å². The third-order valence-corrected chi connectivity index (χ3v) is 13.9. The van der Waals surface area contributed by atoms with Crippen LogP contribution in [0, 0.1) is 39.7 Å². The quantitative estimate of drug-likeness (QED) is 0.131. The van der Waals surface area contributed by atoms with Gasteiger partial charge in [-0.25, -0.2) is 13.6 Å². The number of ether oxygens (including phenoxy) is 1. The van der Waals surface area contributed by atoms with Gasteiger partial charge in [0, 0.05) is 44.5 Å². The smallest absolute Gasteiger partial charge is 0.305 e. The number of hydrogen-bond acceptors (Lipinski definition) is 11. The van der Waals surface area contributed by atoms with E-state index in [0.717, 1.165) is 21.1 Å². The molecule has 51 heavy (non-hydrogen) atoms. The maximum absolute atomic E-state index is 14.1. The van der Waals surface area contributed by atoms with Crippen LogP contribution < -0.4 is 25.0 Å². The molecule has 0 radical (unpaired) electrons. The Labute approximate surface area is 302 Å². The Morgan fingerprint density at radius 2 is 1.73 bits per heavy atom. The number of non-ortho nitro benzene ring substituents is 1. The zero-order chi connectivity index (χ0) is 35.9. The normalized spacial score (nSPS) is 26.1. The van der Waals surface area contributed by atoms with Gasteiger partial charge in [-0.2, -0.15) is 0 Å². The molecule has 1 aromatic heterocycles. The number of nitro benzene ring substituents is 1. The Hall–Kier alpha value is -4.55. The van der Waals surface area contributed by atoms with Crippen molar-refractivity contribution in [3.8, 4) is 5.75 Å². The molecule has 4 aliphatic rings. The Kier molecular flexibility index (Phi) is 8.10. The molecule has 3 amide bonds. The summed E-state index contributed by atoms with van der Waals surface area (Å²) in [7, 11) is -3.90. The minimum Gasteiger partial charge on any atom is -0.483 e. The molecular weight excluding hydrogens is 742 g/mol. The minimum atomic E-state index is -3.90. The van der Waals surface area contributed by atoms with Gasteiger partial charge >= 0.3 is 4.87 Å². The van der Waals surface area contributed by atoms with E-state index in [1.807, 2.05) is 0 Å². The van der Waals surface area contributed by atoms with Gasteiger partial charge in [0.2, 0.25) is 21.8 Å². The molecule has 2 aliphatic heterocycles. The van der Waals surface area contributed by atoms with E-state index >= 15 is 0 Å². The van der Waals surface area contributed by atoms with Crippen LogP contribution in [0.25, 0.3) is 0 Å². The average molecular weight is 768 g/mol. The molecule has 2 aliphatic carbocycles. The number of thiazole rings is 1. The van der Waals surface area contributed by atoms with Crippen LogP contribution in [-0.4, -0.2) is 47.9 Å². The lowest BCUT2D eigenvalue weighted by molar-refractivity contribution is -0.384. The van der Waals surface area contributed by atoms with Crippen LogP contribution in [0.5, 0.6) is 5.75 Å². The molecule has 3 heterocycles. The minimum absolute atomic E-state index is 0.104. The van der Waals surface area contributed by atoms with E-state index in [2.05, 4.69) is 10.3 Å². The second kappa shape index (κ2) is 12.3. The van der Waals surface area contributed by atoms with Crippen molar-refractivity contribution in [3.05, 3.63) is 102 Å². The monoisotopic (exact) mass is 767 g/mol. The molecule has 7 atom stereocenters. The summed E-state index contributed by atoms with van der Waals surface area (Å²) >= 11 is 9.12. The number of nitro groups is 1. The second-order valence-corrected chi connectivity index (χ2v) is 17.0. The van der Waals surface area contributed by atoms with Crippen molar-refractivity contribution >= 4 is 79.5 Å². The molecule has 18 heteroatoms. The zero-order valence-corrected chi connectivity index (χ0v) is 29.3. The lowest BCUT2D eigenvalue weighted by Crippen LogP contribution is -2.42. The van der Waals surface area contributed by atoms with Crippen LogP contribution >= 0.6 is 34.7 Å². The van der Waals surface area contributed by atoms with Crippen molar-refractivity contribution in [2.45, 2.75) is 27.5 Å². The third-order valence-electron chi connectivity index (χ3n) is 10.2. The van der Waals surface area contributed by atoms with Crippen LogP contribution in [0.3, 0.4) is 0 Å². The summed E-state index contributed by atoms with van der Waals surface area (Å²) < 4.78 is 29.2. The number of halogens is 1. The molecule has 14 nitrogen and oxygen atoms in total. The molecular formula is C33H26ClN5O9S3. The van der Waals surface area contributed by atoms with Crippen LogP contribution in [0.1, 0.15) is 22.8 Å². The average Bonchev–Trinajstić information content (AvgIpc) is 3.82. The number of sulfonamides is 1. The number of aromatic nitrogens is 1. The van der Waals surface area contributed by atoms with Crippen LogP contribution in [-0.2, 0) is 24.4 Å². The van der Waals surface area contributed by atoms with Gasteiger partial charge in [0.05, 0.1) is 32.4 Å². The van der Waals surface area contributed by atoms with Crippen molar-refractivity contribution < 1.29 is 32.5 Å². The van der Waals surface area contributed by atoms with Crippen molar-refractivity contribution in [1.82, 2.24) is 4.98 Å². The summed E-state index contributed by atoms with van der Waals surface area (Å²) in [5.41, 5.74) is 1.09. The molecule has 0 spiro atoms. The van der Waals surface area contributed by atoms with Crippen molar-refractivity contribution in [2.24, 2.45) is 34.7 Å². The molecule has 0 unspecified atom stereocenters. The summed E-state index contributed by atoms with van der Waals surface area (Å²) in [6, 6.07) is 15.7. The number of aromatic amines is 1. The van der Waals surface area contributed by atoms with E-state index in [1.54, 1.807) is 18.2 Å². The number of anilines is 2. The first-order chi connectivity index (χ1) is 24.3. The lowest BCUT2D eigenvalue weighted by Gasteiger charge is -2.43. The van der Waals surface area contributed by atoms with Crippen molar-refractivity contribution in [1.29, 1.82) is 0 Å². The predicted molar refractivity (Wildman–Crippen MR) is 187 cm³/mol. The standard InChI is InChI=1S/C33H26ClN5O9S3/c34-14-1-10-22(48-13-23(40)36-15-2-8-18(9-3-15)51(35,46)47)19(11-14)24-25-20-12-21(28(25)49-30-29(24)50-33(43)37-30)27-26(20)31(41)38(32(27)42)16-4-6-17(7-5-16)39(44)45/h1-11,20-21,24-28H,12-13H2,(H,36,40)(H,37,43)(H2,35,46,47)/t20-,21-,24+,25-,26+,27+,28-/m1/s1. The number of carbonyl (C=O) groups excluding carboxylic acids is 3. The number of carbonyl (C=O) groups is 3. The number of primary sulfonamides is 1. The first-order valence-corrected chi connectivity index (χ1v) is 19.3. The van der Waals surface area contributed by atoms with E-state index in [9.17, 15) is 37.7 Å². The van der Waals surface area contributed by atoms with Crippen molar-refractivity contribution in [3.63, 3.8) is 0 Å². The molecule has 1 saturated heterocycles. The number of amides is 3. The number of H-pyrrole nitrogens is 1. The highest BCUT2D eigenvalue weighted by atomic mass is 35.5. The molecule has 8 rings (SSSR count). The molecule has 4 N–H and O–H groups in total. The van der Waals surface area contributed by atoms with E-state index in [1.165, 1.54) is 60.3 Å². The first kappa shape index (κ1) is 33.6. The highest BCUT2D eigenvalue weighted by molar-refractivity contribution is 8.00. The van der Waals surface area contributed by atoms with Gasteiger partial charge < -0.3 is 15.0 Å². The maximum atomic E-state index is 14.1. The van der Waals surface area contributed by atoms with E-state index < -0.39 is 45.2 Å². The van der Waals surface area contributed by atoms with Gasteiger partial charge in [0.15, 0.2) is 6.61 Å². The Morgan fingerprint density at radius 1 is 1.04 bits per heavy atom. The summed E-state index contributed by atoms with van der Waals surface area (Å²) in [6.45, 7) is -0.411. The third kappa shape index (κ3) is 5.63. The van der Waals surface area contributed by atoms with Gasteiger partial charge in [0.25, 0.3) is 11.6 Å². The fourth-order valence-corrected chi connectivity index (χ4v) is 11.9. The van der Waals surface area contributed by atoms with Gasteiger partial charge in [-0.15, -0.1) is 11.8 Å². The number of thioether (sulfide) groups is 1.